The van der Waals surface area contributed by atoms with E-state index in [1.165, 1.54) is 7.11 Å². The van der Waals surface area contributed by atoms with Crippen molar-refractivity contribution < 1.29 is 28.6 Å². The molecule has 27 heavy (non-hydrogen) atoms. The summed E-state index contributed by atoms with van der Waals surface area (Å²) in [7, 11) is 1.53. The Morgan fingerprint density at radius 2 is 1.74 bits per heavy atom. The maximum absolute atomic E-state index is 12.9. The van der Waals surface area contributed by atoms with Crippen LogP contribution in [-0.4, -0.2) is 42.7 Å². The number of amides is 2. The van der Waals surface area contributed by atoms with Gasteiger partial charge in [-0.2, -0.15) is 0 Å². The number of nitrogens with zero attached hydrogens (tertiary/aromatic N) is 1. The van der Waals surface area contributed by atoms with Gasteiger partial charge >= 0.3 is 12.1 Å². The molecule has 1 fully saturated rings. The van der Waals surface area contributed by atoms with Gasteiger partial charge in [-0.15, -0.1) is 0 Å². The second kappa shape index (κ2) is 7.90. The third-order valence-corrected chi connectivity index (χ3v) is 4.21. The quantitative estimate of drug-likeness (QED) is 0.754. The summed E-state index contributed by atoms with van der Waals surface area (Å²) in [4.78, 5) is 38.7. The Morgan fingerprint density at radius 1 is 1.07 bits per heavy atom. The number of carbonyl (C=O) groups excluding carboxylic acids is 3. The molecule has 0 spiro atoms. The van der Waals surface area contributed by atoms with E-state index < -0.39 is 30.1 Å². The van der Waals surface area contributed by atoms with E-state index in [4.69, 9.17) is 14.2 Å². The Morgan fingerprint density at radius 3 is 2.33 bits per heavy atom. The van der Waals surface area contributed by atoms with Crippen molar-refractivity contribution in [3.8, 4) is 5.75 Å². The van der Waals surface area contributed by atoms with E-state index in [0.29, 0.717) is 16.9 Å². The highest BCUT2D eigenvalue weighted by Crippen LogP contribution is 2.36. The van der Waals surface area contributed by atoms with Gasteiger partial charge in [0.15, 0.2) is 0 Å². The van der Waals surface area contributed by atoms with E-state index in [0.717, 1.165) is 4.90 Å². The number of esters is 1. The molecule has 7 heteroatoms. The molecular weight excluding hydrogens is 350 g/mol. The molecule has 0 aromatic heterocycles. The highest BCUT2D eigenvalue weighted by Gasteiger charge is 2.50. The first-order valence-electron chi connectivity index (χ1n) is 8.46. The predicted molar refractivity (Wildman–Crippen MR) is 95.2 cm³/mol. The SMILES string of the molecule is CCOC(=O)[C@@H]1OC(=O)N(C(=O)c2ccccc2)[C@H]1c1ccc(OC)cc1. The Labute approximate surface area is 156 Å². The van der Waals surface area contributed by atoms with E-state index >= 15 is 0 Å². The molecule has 1 heterocycles. The summed E-state index contributed by atoms with van der Waals surface area (Å²) in [5, 5.41) is 0. The molecule has 0 N–H and O–H groups in total. The second-order valence-corrected chi connectivity index (χ2v) is 5.82. The van der Waals surface area contributed by atoms with Gasteiger partial charge in [-0.3, -0.25) is 4.79 Å². The van der Waals surface area contributed by atoms with Crippen LogP contribution in [0.5, 0.6) is 5.75 Å². The number of methoxy groups -OCH3 is 1. The molecule has 7 nitrogen and oxygen atoms in total. The van der Waals surface area contributed by atoms with Crippen LogP contribution in [0.4, 0.5) is 4.79 Å². The lowest BCUT2D eigenvalue weighted by atomic mass is 9.99. The lowest BCUT2D eigenvalue weighted by Crippen LogP contribution is -2.37. The van der Waals surface area contributed by atoms with Crippen molar-refractivity contribution in [3.63, 3.8) is 0 Å². The Bertz CT molecular complexity index is 833. The molecule has 2 aromatic carbocycles. The molecule has 0 saturated carbocycles. The van der Waals surface area contributed by atoms with Gasteiger partial charge in [0.25, 0.3) is 5.91 Å². The molecule has 1 aliphatic rings. The van der Waals surface area contributed by atoms with Crippen LogP contribution in [0.25, 0.3) is 0 Å². The molecule has 0 radical (unpaired) electrons. The maximum atomic E-state index is 12.9. The molecule has 0 unspecified atom stereocenters. The van der Waals surface area contributed by atoms with Crippen LogP contribution in [0.1, 0.15) is 28.9 Å². The fraction of sp³-hybridized carbons (Fsp3) is 0.250. The monoisotopic (exact) mass is 369 g/mol. The molecule has 2 amide bonds. The van der Waals surface area contributed by atoms with Crippen LogP contribution in [0, 0.1) is 0 Å². The normalized spacial score (nSPS) is 18.7. The minimum Gasteiger partial charge on any atom is -0.497 e. The largest absolute Gasteiger partial charge is 0.497 e. The van der Waals surface area contributed by atoms with Gasteiger partial charge in [0, 0.05) is 5.56 Å². The molecule has 3 rings (SSSR count). The fourth-order valence-electron chi connectivity index (χ4n) is 2.93. The zero-order chi connectivity index (χ0) is 19.4. The fourth-order valence-corrected chi connectivity index (χ4v) is 2.93. The van der Waals surface area contributed by atoms with Crippen LogP contribution in [-0.2, 0) is 14.3 Å². The number of hydrogen-bond donors (Lipinski definition) is 0. The molecule has 0 aliphatic carbocycles. The van der Waals surface area contributed by atoms with E-state index in [1.807, 2.05) is 0 Å². The minimum absolute atomic E-state index is 0.134. The highest BCUT2D eigenvalue weighted by molar-refractivity contribution is 6.05. The first kappa shape index (κ1) is 18.4. The lowest BCUT2D eigenvalue weighted by Gasteiger charge is -2.23. The van der Waals surface area contributed by atoms with Crippen LogP contribution in [0.3, 0.4) is 0 Å². The summed E-state index contributed by atoms with van der Waals surface area (Å²) in [5.74, 6) is -0.638. The second-order valence-electron chi connectivity index (χ2n) is 5.82. The summed E-state index contributed by atoms with van der Waals surface area (Å²) in [5.41, 5.74) is 0.876. The van der Waals surface area contributed by atoms with E-state index in [1.54, 1.807) is 61.5 Å². The van der Waals surface area contributed by atoms with Gasteiger partial charge in [-0.25, -0.2) is 14.5 Å². The Kier molecular flexibility index (Phi) is 5.40. The average Bonchev–Trinajstić information content (AvgIpc) is 3.05. The van der Waals surface area contributed by atoms with Gasteiger partial charge in [-0.05, 0) is 36.8 Å². The standard InChI is InChI=1S/C20H19NO6/c1-3-26-19(23)17-16(13-9-11-15(25-2)12-10-13)21(20(24)27-17)18(22)14-7-5-4-6-8-14/h4-12,16-17H,3H2,1-2H3/t16-,17+/m0/s1. The highest BCUT2D eigenvalue weighted by atomic mass is 16.6. The van der Waals surface area contributed by atoms with Crippen molar-refractivity contribution in [2.75, 3.05) is 13.7 Å². The number of benzene rings is 2. The van der Waals surface area contributed by atoms with Gasteiger partial charge in [0.1, 0.15) is 11.8 Å². The smallest absolute Gasteiger partial charge is 0.418 e. The predicted octanol–water partition coefficient (Wildman–Crippen LogP) is 2.96. The Balaban J connectivity index is 2.02. The molecular formula is C20H19NO6. The third kappa shape index (κ3) is 3.62. The lowest BCUT2D eigenvalue weighted by molar-refractivity contribution is -0.152. The third-order valence-electron chi connectivity index (χ3n) is 4.21. The van der Waals surface area contributed by atoms with Crippen molar-refractivity contribution >= 4 is 18.0 Å². The van der Waals surface area contributed by atoms with Crippen LogP contribution >= 0.6 is 0 Å². The molecule has 140 valence electrons. The zero-order valence-corrected chi connectivity index (χ0v) is 15.0. The molecule has 2 atom stereocenters. The maximum Gasteiger partial charge on any atom is 0.418 e. The summed E-state index contributed by atoms with van der Waals surface area (Å²) in [6.45, 7) is 1.79. The van der Waals surface area contributed by atoms with Crippen LogP contribution in [0.2, 0.25) is 0 Å². The molecule has 1 saturated heterocycles. The first-order valence-corrected chi connectivity index (χ1v) is 8.46. The van der Waals surface area contributed by atoms with Crippen molar-refractivity contribution in [3.05, 3.63) is 65.7 Å². The van der Waals surface area contributed by atoms with Gasteiger partial charge < -0.3 is 14.2 Å². The summed E-state index contributed by atoms with van der Waals surface area (Å²) in [6, 6.07) is 14.1. The molecule has 2 aromatic rings. The van der Waals surface area contributed by atoms with Crippen LogP contribution in [0.15, 0.2) is 54.6 Å². The zero-order valence-electron chi connectivity index (χ0n) is 15.0. The van der Waals surface area contributed by atoms with Crippen molar-refractivity contribution in [2.45, 2.75) is 19.1 Å². The Hall–Kier alpha value is -3.35. The van der Waals surface area contributed by atoms with Crippen LogP contribution < -0.4 is 4.74 Å². The topological polar surface area (TPSA) is 82.1 Å². The molecule has 1 aliphatic heterocycles. The summed E-state index contributed by atoms with van der Waals surface area (Å²) in [6.07, 6.45) is -2.12. The first-order chi connectivity index (χ1) is 13.1. The number of rotatable bonds is 5. The van der Waals surface area contributed by atoms with E-state index in [-0.39, 0.29) is 6.61 Å². The summed E-state index contributed by atoms with van der Waals surface area (Å²) < 4.78 is 15.4. The van der Waals surface area contributed by atoms with E-state index in [9.17, 15) is 14.4 Å². The average molecular weight is 369 g/mol. The van der Waals surface area contributed by atoms with Gasteiger partial charge in [0.05, 0.1) is 13.7 Å². The van der Waals surface area contributed by atoms with E-state index in [2.05, 4.69) is 0 Å². The van der Waals surface area contributed by atoms with Crippen molar-refractivity contribution in [1.29, 1.82) is 0 Å². The minimum atomic E-state index is -1.24. The van der Waals surface area contributed by atoms with Crippen molar-refractivity contribution in [1.82, 2.24) is 4.90 Å². The van der Waals surface area contributed by atoms with Gasteiger partial charge in [-0.1, -0.05) is 30.3 Å². The number of hydrogen-bond acceptors (Lipinski definition) is 6. The summed E-state index contributed by atoms with van der Waals surface area (Å²) >= 11 is 0. The van der Waals surface area contributed by atoms with Gasteiger partial charge in [0.2, 0.25) is 6.10 Å². The number of imide groups is 1. The molecule has 0 bridgehead atoms. The number of ether oxygens (including phenoxy) is 3. The van der Waals surface area contributed by atoms with Crippen molar-refractivity contribution in [2.24, 2.45) is 0 Å². The number of carbonyl (C=O) groups is 3. The number of cyclic esters (lactones) is 1.